The Hall–Kier alpha value is -1.97. The number of aromatic amines is 1. The molecule has 1 N–H and O–H groups in total. The first-order chi connectivity index (χ1) is 10.4. The van der Waals surface area contributed by atoms with Crippen molar-refractivity contribution in [2.75, 3.05) is 14.2 Å². The van der Waals surface area contributed by atoms with E-state index < -0.39 is 16.0 Å². The van der Waals surface area contributed by atoms with Gasteiger partial charge in [0.25, 0.3) is 0 Å². The van der Waals surface area contributed by atoms with Crippen LogP contribution in [0.2, 0.25) is 5.02 Å². The smallest absolute Gasteiger partial charge is 0.339 e. The molecule has 0 radical (unpaired) electrons. The average molecular weight is 345 g/mol. The second-order valence-electron chi connectivity index (χ2n) is 4.33. The number of H-pyrrole nitrogens is 1. The van der Waals surface area contributed by atoms with Gasteiger partial charge in [-0.05, 0) is 18.2 Å². The minimum Gasteiger partial charge on any atom is -0.465 e. The molecule has 0 aliphatic carbocycles. The minimum absolute atomic E-state index is 0.0222. The third kappa shape index (κ3) is 3.26. The van der Waals surface area contributed by atoms with Crippen molar-refractivity contribution in [2.24, 2.45) is 0 Å². The van der Waals surface area contributed by atoms with Crippen molar-refractivity contribution >= 4 is 27.6 Å². The van der Waals surface area contributed by atoms with Crippen molar-refractivity contribution in [3.05, 3.63) is 40.9 Å². The van der Waals surface area contributed by atoms with E-state index >= 15 is 0 Å². The highest BCUT2D eigenvalue weighted by atomic mass is 35.5. The molecule has 22 heavy (non-hydrogen) atoms. The van der Waals surface area contributed by atoms with E-state index in [2.05, 4.69) is 19.9 Å². The lowest BCUT2D eigenvalue weighted by Gasteiger charge is -2.17. The number of sulfonamides is 1. The number of benzene rings is 1. The molecule has 1 aromatic carbocycles. The molecule has 0 aliphatic heterocycles. The van der Waals surface area contributed by atoms with Crippen molar-refractivity contribution in [1.29, 1.82) is 0 Å². The first kappa shape index (κ1) is 16.4. The number of hydrogen-bond donors (Lipinski definition) is 1. The van der Waals surface area contributed by atoms with Crippen LogP contribution in [0.25, 0.3) is 0 Å². The lowest BCUT2D eigenvalue weighted by molar-refractivity contribution is 0.0596. The van der Waals surface area contributed by atoms with Crippen LogP contribution in [0.3, 0.4) is 0 Å². The molecular formula is C12H13ClN4O4S. The molecular weight excluding hydrogens is 332 g/mol. The summed E-state index contributed by atoms with van der Waals surface area (Å²) in [6.45, 7) is -0.0222. The van der Waals surface area contributed by atoms with Crippen LogP contribution in [0.15, 0.2) is 29.4 Å². The van der Waals surface area contributed by atoms with Gasteiger partial charge in [-0.15, -0.1) is 0 Å². The van der Waals surface area contributed by atoms with E-state index in [1.807, 2.05) is 0 Å². The van der Waals surface area contributed by atoms with Gasteiger partial charge < -0.3 is 4.74 Å². The van der Waals surface area contributed by atoms with Crippen molar-refractivity contribution in [2.45, 2.75) is 11.4 Å². The van der Waals surface area contributed by atoms with Gasteiger partial charge in [-0.2, -0.15) is 9.40 Å². The van der Waals surface area contributed by atoms with E-state index in [1.165, 1.54) is 31.6 Å². The number of nitrogens with one attached hydrogen (secondary N) is 1. The van der Waals surface area contributed by atoms with Gasteiger partial charge in [0.05, 0.1) is 24.1 Å². The predicted molar refractivity (Wildman–Crippen MR) is 77.8 cm³/mol. The summed E-state index contributed by atoms with van der Waals surface area (Å²) >= 11 is 5.82. The number of hydrogen-bond acceptors (Lipinski definition) is 6. The van der Waals surface area contributed by atoms with Gasteiger partial charge in [0.2, 0.25) is 10.0 Å². The normalized spacial score (nSPS) is 11.6. The molecule has 0 saturated heterocycles. The van der Waals surface area contributed by atoms with Crippen LogP contribution in [-0.2, 0) is 21.3 Å². The number of aromatic nitrogens is 3. The molecule has 8 nitrogen and oxygen atoms in total. The Balaban J connectivity index is 2.42. The number of carbonyl (C=O) groups is 1. The third-order valence-corrected chi connectivity index (χ3v) is 4.97. The maximum Gasteiger partial charge on any atom is 0.339 e. The van der Waals surface area contributed by atoms with Gasteiger partial charge in [0.1, 0.15) is 12.2 Å². The van der Waals surface area contributed by atoms with Gasteiger partial charge in [-0.3, -0.25) is 5.10 Å². The molecule has 10 heteroatoms. The highest BCUT2D eigenvalue weighted by Crippen LogP contribution is 2.24. The zero-order valence-electron chi connectivity index (χ0n) is 11.8. The van der Waals surface area contributed by atoms with Crippen molar-refractivity contribution in [1.82, 2.24) is 19.5 Å². The van der Waals surface area contributed by atoms with Gasteiger partial charge in [-0.1, -0.05) is 11.6 Å². The van der Waals surface area contributed by atoms with Crippen LogP contribution in [0.4, 0.5) is 0 Å². The van der Waals surface area contributed by atoms with Crippen LogP contribution in [-0.4, -0.2) is 48.0 Å². The molecule has 0 bridgehead atoms. The number of esters is 1. The summed E-state index contributed by atoms with van der Waals surface area (Å²) in [7, 11) is -1.40. The maximum absolute atomic E-state index is 12.6. The van der Waals surface area contributed by atoms with Crippen LogP contribution in [0, 0.1) is 0 Å². The highest BCUT2D eigenvalue weighted by Gasteiger charge is 2.28. The van der Waals surface area contributed by atoms with Crippen LogP contribution >= 0.6 is 11.6 Å². The molecule has 1 aromatic heterocycles. The Morgan fingerprint density at radius 1 is 1.45 bits per heavy atom. The van der Waals surface area contributed by atoms with E-state index in [9.17, 15) is 13.2 Å². The fourth-order valence-corrected chi connectivity index (χ4v) is 3.23. The maximum atomic E-state index is 12.6. The third-order valence-electron chi connectivity index (χ3n) is 2.87. The summed E-state index contributed by atoms with van der Waals surface area (Å²) in [4.78, 5) is 15.5. The molecule has 2 rings (SSSR count). The summed E-state index contributed by atoms with van der Waals surface area (Å²) in [5, 5.41) is 6.45. The minimum atomic E-state index is -3.93. The molecule has 1 heterocycles. The topological polar surface area (TPSA) is 105 Å². The van der Waals surface area contributed by atoms with Crippen molar-refractivity contribution in [3.63, 3.8) is 0 Å². The molecule has 0 saturated carbocycles. The summed E-state index contributed by atoms with van der Waals surface area (Å²) in [6, 6.07) is 3.91. The first-order valence-electron chi connectivity index (χ1n) is 6.04. The monoisotopic (exact) mass is 344 g/mol. The Labute approximate surface area is 132 Å². The van der Waals surface area contributed by atoms with Gasteiger partial charge in [0, 0.05) is 12.1 Å². The number of halogens is 1. The first-order valence-corrected chi connectivity index (χ1v) is 7.86. The molecule has 0 fully saturated rings. The van der Waals surface area contributed by atoms with Crippen LogP contribution in [0.5, 0.6) is 0 Å². The molecule has 0 atom stereocenters. The molecule has 118 valence electrons. The van der Waals surface area contributed by atoms with Crippen molar-refractivity contribution < 1.29 is 17.9 Å². The Morgan fingerprint density at radius 2 is 2.18 bits per heavy atom. The van der Waals surface area contributed by atoms with E-state index in [0.29, 0.717) is 5.82 Å². The Kier molecular flexibility index (Phi) is 4.79. The lowest BCUT2D eigenvalue weighted by Crippen LogP contribution is -2.28. The van der Waals surface area contributed by atoms with E-state index in [4.69, 9.17) is 11.6 Å². The van der Waals surface area contributed by atoms with Crippen LogP contribution in [0.1, 0.15) is 16.2 Å². The molecule has 0 spiro atoms. The van der Waals surface area contributed by atoms with Gasteiger partial charge in [-0.25, -0.2) is 18.2 Å². The number of nitrogens with zero attached hydrogens (tertiary/aromatic N) is 3. The zero-order chi connectivity index (χ0) is 16.3. The number of methoxy groups -OCH3 is 1. The highest BCUT2D eigenvalue weighted by molar-refractivity contribution is 7.89. The lowest BCUT2D eigenvalue weighted by atomic mass is 10.2. The van der Waals surface area contributed by atoms with E-state index in [0.717, 1.165) is 11.4 Å². The van der Waals surface area contributed by atoms with Gasteiger partial charge >= 0.3 is 5.97 Å². The fraction of sp³-hybridized carbons (Fsp3) is 0.250. The number of rotatable bonds is 5. The fourth-order valence-electron chi connectivity index (χ4n) is 1.77. The molecule has 2 aromatic rings. The number of carbonyl (C=O) groups excluding carboxylic acids is 1. The van der Waals surface area contributed by atoms with Crippen molar-refractivity contribution in [3.8, 4) is 0 Å². The molecule has 0 aliphatic rings. The Bertz CT molecular complexity index is 776. The summed E-state index contributed by atoms with van der Waals surface area (Å²) < 4.78 is 30.9. The Morgan fingerprint density at radius 3 is 2.77 bits per heavy atom. The molecule has 0 amide bonds. The second-order valence-corrected chi connectivity index (χ2v) is 6.78. The zero-order valence-corrected chi connectivity index (χ0v) is 13.3. The summed E-state index contributed by atoms with van der Waals surface area (Å²) in [5.41, 5.74) is -0.126. The molecule has 0 unspecified atom stereocenters. The predicted octanol–water partition coefficient (Wildman–Crippen LogP) is 1.07. The average Bonchev–Trinajstić information content (AvgIpc) is 2.98. The standard InChI is InChI=1S/C12H13ClN4O4S/c1-17(6-11-14-7-15-16-11)22(19,20)10-4-3-8(13)5-9(10)12(18)21-2/h3-5,7H,6H2,1-2H3,(H,14,15,16). The van der Waals surface area contributed by atoms with Gasteiger partial charge in [0.15, 0.2) is 0 Å². The number of ether oxygens (including phenoxy) is 1. The SMILES string of the molecule is COC(=O)c1cc(Cl)ccc1S(=O)(=O)N(C)Cc1ncn[nH]1. The summed E-state index contributed by atoms with van der Waals surface area (Å²) in [6.07, 6.45) is 1.28. The second kappa shape index (κ2) is 6.42. The largest absolute Gasteiger partial charge is 0.465 e. The van der Waals surface area contributed by atoms with E-state index in [1.54, 1.807) is 0 Å². The van der Waals surface area contributed by atoms with E-state index in [-0.39, 0.29) is 22.0 Å². The quantitative estimate of drug-likeness (QED) is 0.813. The van der Waals surface area contributed by atoms with Crippen LogP contribution < -0.4 is 0 Å². The summed E-state index contributed by atoms with van der Waals surface area (Å²) in [5.74, 6) is -0.409.